The molecule has 0 heterocycles. The van der Waals surface area contributed by atoms with E-state index in [-0.39, 0.29) is 5.78 Å². The molecular weight excluding hydrogens is 216 g/mol. The Morgan fingerprint density at radius 1 is 1.29 bits per heavy atom. The molecule has 0 spiro atoms. The predicted molar refractivity (Wildman–Crippen MR) is 65.5 cm³/mol. The molecule has 1 aromatic carbocycles. The van der Waals surface area contributed by atoms with Gasteiger partial charge in [0.25, 0.3) is 5.91 Å². The summed E-state index contributed by atoms with van der Waals surface area (Å²) in [5, 5.41) is 3.13. The van der Waals surface area contributed by atoms with E-state index < -0.39 is 5.91 Å². The summed E-state index contributed by atoms with van der Waals surface area (Å²) in [6, 6.07) is 7.02. The number of anilines is 1. The molecule has 1 aromatic rings. The van der Waals surface area contributed by atoms with Crippen molar-refractivity contribution in [3.63, 3.8) is 0 Å². The van der Waals surface area contributed by atoms with Gasteiger partial charge in [-0.25, -0.2) is 0 Å². The predicted octanol–water partition coefficient (Wildman–Crippen LogP) is 1.83. The van der Waals surface area contributed by atoms with Crippen LogP contribution in [0.3, 0.4) is 0 Å². The van der Waals surface area contributed by atoms with E-state index in [1.165, 1.54) is 0 Å². The SMILES string of the molecule is CC1=C(Nc2ccccc2C(N)=O)CCC1=O. The van der Waals surface area contributed by atoms with Crippen LogP contribution < -0.4 is 11.1 Å². The van der Waals surface area contributed by atoms with Crippen LogP contribution in [0.25, 0.3) is 0 Å². The zero-order chi connectivity index (χ0) is 12.4. The summed E-state index contributed by atoms with van der Waals surface area (Å²) >= 11 is 0. The first-order valence-electron chi connectivity index (χ1n) is 5.48. The number of carbonyl (C=O) groups is 2. The van der Waals surface area contributed by atoms with E-state index in [0.717, 1.165) is 11.3 Å². The molecule has 88 valence electrons. The summed E-state index contributed by atoms with van der Waals surface area (Å²) in [5.74, 6) is -0.320. The van der Waals surface area contributed by atoms with Crippen LogP contribution in [0.1, 0.15) is 30.1 Å². The van der Waals surface area contributed by atoms with Crippen LogP contribution in [0.5, 0.6) is 0 Å². The zero-order valence-corrected chi connectivity index (χ0v) is 9.62. The molecule has 1 amide bonds. The number of hydrogen-bond acceptors (Lipinski definition) is 3. The van der Waals surface area contributed by atoms with Gasteiger partial charge in [-0.15, -0.1) is 0 Å². The van der Waals surface area contributed by atoms with Crippen LogP contribution >= 0.6 is 0 Å². The highest BCUT2D eigenvalue weighted by atomic mass is 16.1. The van der Waals surface area contributed by atoms with Crippen molar-refractivity contribution in [2.75, 3.05) is 5.32 Å². The molecule has 0 aliphatic heterocycles. The molecule has 0 unspecified atom stereocenters. The number of primary amides is 1. The van der Waals surface area contributed by atoms with Gasteiger partial charge < -0.3 is 11.1 Å². The fourth-order valence-corrected chi connectivity index (χ4v) is 1.91. The van der Waals surface area contributed by atoms with Crippen molar-refractivity contribution in [3.05, 3.63) is 41.1 Å². The lowest BCUT2D eigenvalue weighted by Crippen LogP contribution is -2.14. The van der Waals surface area contributed by atoms with Crippen LogP contribution in [0, 0.1) is 0 Å². The number of nitrogens with two attached hydrogens (primary N) is 1. The number of benzene rings is 1. The van der Waals surface area contributed by atoms with Gasteiger partial charge in [-0.05, 0) is 25.5 Å². The van der Waals surface area contributed by atoms with Gasteiger partial charge in [0.2, 0.25) is 0 Å². The molecule has 0 fully saturated rings. The van der Waals surface area contributed by atoms with E-state index >= 15 is 0 Å². The molecule has 0 saturated carbocycles. The number of Topliss-reactive ketones (excluding diaryl/α,β-unsaturated/α-hetero) is 1. The van der Waals surface area contributed by atoms with Gasteiger partial charge in [0.05, 0.1) is 11.3 Å². The summed E-state index contributed by atoms with van der Waals surface area (Å²) in [5.41, 5.74) is 8.00. The van der Waals surface area contributed by atoms with E-state index in [2.05, 4.69) is 5.32 Å². The first kappa shape index (κ1) is 11.4. The number of carbonyl (C=O) groups excluding carboxylic acids is 2. The van der Waals surface area contributed by atoms with Crippen molar-refractivity contribution in [1.29, 1.82) is 0 Å². The molecule has 0 saturated heterocycles. The molecule has 0 radical (unpaired) electrons. The van der Waals surface area contributed by atoms with Gasteiger partial charge in [0.1, 0.15) is 0 Å². The van der Waals surface area contributed by atoms with Crippen LogP contribution in [0.4, 0.5) is 5.69 Å². The van der Waals surface area contributed by atoms with Crippen LogP contribution in [-0.2, 0) is 4.79 Å². The van der Waals surface area contributed by atoms with Crippen molar-refractivity contribution in [2.24, 2.45) is 5.73 Å². The van der Waals surface area contributed by atoms with Crippen molar-refractivity contribution in [1.82, 2.24) is 0 Å². The Labute approximate surface area is 99.5 Å². The number of amides is 1. The molecule has 4 heteroatoms. The van der Waals surface area contributed by atoms with Gasteiger partial charge in [-0.1, -0.05) is 12.1 Å². The van der Waals surface area contributed by atoms with Crippen molar-refractivity contribution >= 4 is 17.4 Å². The Bertz CT molecular complexity index is 518. The molecule has 0 aromatic heterocycles. The van der Waals surface area contributed by atoms with Crippen molar-refractivity contribution in [2.45, 2.75) is 19.8 Å². The minimum absolute atomic E-state index is 0.157. The Balaban J connectivity index is 2.31. The molecular formula is C13H14N2O2. The maximum Gasteiger partial charge on any atom is 0.250 e. The highest BCUT2D eigenvalue weighted by molar-refractivity contribution is 6.01. The van der Waals surface area contributed by atoms with Crippen LogP contribution in [0.15, 0.2) is 35.5 Å². The lowest BCUT2D eigenvalue weighted by Gasteiger charge is -2.11. The number of rotatable bonds is 3. The molecule has 1 aliphatic rings. The summed E-state index contributed by atoms with van der Waals surface area (Å²) in [4.78, 5) is 22.6. The van der Waals surface area contributed by atoms with Crippen LogP contribution in [0.2, 0.25) is 0 Å². The second-order valence-electron chi connectivity index (χ2n) is 4.06. The first-order chi connectivity index (χ1) is 8.09. The molecule has 0 bridgehead atoms. The second-order valence-corrected chi connectivity index (χ2v) is 4.06. The Hall–Kier alpha value is -2.10. The highest BCUT2D eigenvalue weighted by Gasteiger charge is 2.20. The minimum Gasteiger partial charge on any atom is -0.366 e. The van der Waals surface area contributed by atoms with Gasteiger partial charge in [-0.3, -0.25) is 9.59 Å². The third-order valence-corrected chi connectivity index (χ3v) is 2.95. The normalized spacial score (nSPS) is 15.2. The van der Waals surface area contributed by atoms with E-state index in [1.807, 2.05) is 6.07 Å². The standard InChI is InChI=1S/C13H14N2O2/c1-8-10(6-7-12(8)16)15-11-5-3-2-4-9(11)13(14)17/h2-5,15H,6-7H2,1H3,(H2,14,17). The van der Waals surface area contributed by atoms with Gasteiger partial charge in [0, 0.05) is 17.7 Å². The Morgan fingerprint density at radius 2 is 2.00 bits per heavy atom. The van der Waals surface area contributed by atoms with E-state index in [9.17, 15) is 9.59 Å². The van der Waals surface area contributed by atoms with E-state index in [4.69, 9.17) is 5.73 Å². The first-order valence-corrected chi connectivity index (χ1v) is 5.48. The quantitative estimate of drug-likeness (QED) is 0.832. The Morgan fingerprint density at radius 3 is 2.59 bits per heavy atom. The Kier molecular flexibility index (Phi) is 2.95. The molecule has 1 aliphatic carbocycles. The summed E-state index contributed by atoms with van der Waals surface area (Å²) < 4.78 is 0. The third-order valence-electron chi connectivity index (χ3n) is 2.95. The molecule has 2 rings (SSSR count). The third kappa shape index (κ3) is 2.20. The fraction of sp³-hybridized carbons (Fsp3) is 0.231. The maximum absolute atomic E-state index is 11.4. The summed E-state index contributed by atoms with van der Waals surface area (Å²) in [7, 11) is 0. The summed E-state index contributed by atoms with van der Waals surface area (Å²) in [6.45, 7) is 1.80. The number of allylic oxidation sites excluding steroid dienone is 2. The monoisotopic (exact) mass is 230 g/mol. The fourth-order valence-electron chi connectivity index (χ4n) is 1.91. The zero-order valence-electron chi connectivity index (χ0n) is 9.62. The van der Waals surface area contributed by atoms with Crippen molar-refractivity contribution < 1.29 is 9.59 Å². The van der Waals surface area contributed by atoms with E-state index in [0.29, 0.717) is 24.1 Å². The van der Waals surface area contributed by atoms with Gasteiger partial charge in [-0.2, -0.15) is 0 Å². The molecule has 17 heavy (non-hydrogen) atoms. The smallest absolute Gasteiger partial charge is 0.250 e. The highest BCUT2D eigenvalue weighted by Crippen LogP contribution is 2.25. The average molecular weight is 230 g/mol. The average Bonchev–Trinajstić information content (AvgIpc) is 2.61. The number of ketones is 1. The minimum atomic E-state index is -0.476. The molecule has 0 atom stereocenters. The number of nitrogens with one attached hydrogen (secondary N) is 1. The summed E-state index contributed by atoms with van der Waals surface area (Å²) in [6.07, 6.45) is 1.23. The second kappa shape index (κ2) is 4.41. The van der Waals surface area contributed by atoms with Crippen LogP contribution in [-0.4, -0.2) is 11.7 Å². The van der Waals surface area contributed by atoms with E-state index in [1.54, 1.807) is 25.1 Å². The number of para-hydroxylation sites is 1. The topological polar surface area (TPSA) is 72.2 Å². The van der Waals surface area contributed by atoms with Gasteiger partial charge >= 0.3 is 0 Å². The maximum atomic E-state index is 11.4. The number of hydrogen-bond donors (Lipinski definition) is 2. The van der Waals surface area contributed by atoms with Crippen molar-refractivity contribution in [3.8, 4) is 0 Å². The molecule has 4 nitrogen and oxygen atoms in total. The van der Waals surface area contributed by atoms with Gasteiger partial charge in [0.15, 0.2) is 5.78 Å². The lowest BCUT2D eigenvalue weighted by molar-refractivity contribution is -0.114. The molecule has 3 N–H and O–H groups in total. The lowest BCUT2D eigenvalue weighted by atomic mass is 10.1. The largest absolute Gasteiger partial charge is 0.366 e.